The zero-order chi connectivity index (χ0) is 8.85. The lowest BCUT2D eigenvalue weighted by Gasteiger charge is -2.10. The zero-order valence-corrected chi connectivity index (χ0v) is 6.36. The van der Waals surface area contributed by atoms with E-state index < -0.39 is 12.0 Å². The summed E-state index contributed by atoms with van der Waals surface area (Å²) in [5.41, 5.74) is 15.9. The molecule has 0 saturated heterocycles. The van der Waals surface area contributed by atoms with Gasteiger partial charge in [-0.15, -0.1) is 0 Å². The summed E-state index contributed by atoms with van der Waals surface area (Å²) in [4.78, 5) is 10.2. The summed E-state index contributed by atoms with van der Waals surface area (Å²) < 4.78 is 0. The van der Waals surface area contributed by atoms with E-state index in [1.54, 1.807) is 0 Å². The van der Waals surface area contributed by atoms with Gasteiger partial charge in [-0.2, -0.15) is 0 Å². The van der Waals surface area contributed by atoms with Crippen molar-refractivity contribution < 1.29 is 9.90 Å². The van der Waals surface area contributed by atoms with Crippen LogP contribution >= 0.6 is 0 Å². The topological polar surface area (TPSA) is 115 Å². The largest absolute Gasteiger partial charge is 0.480 e. The maximum Gasteiger partial charge on any atom is 0.320 e. The fourth-order valence-corrected chi connectivity index (χ4v) is 0.635. The maximum atomic E-state index is 10.2. The third kappa shape index (κ3) is 4.72. The van der Waals surface area contributed by atoms with Crippen molar-refractivity contribution in [1.82, 2.24) is 0 Å². The number of nitrogens with two attached hydrogens (primary N) is 3. The van der Waals surface area contributed by atoms with Crippen LogP contribution in [0.3, 0.4) is 0 Å². The Kier molecular flexibility index (Phi) is 4.76. The highest BCUT2D eigenvalue weighted by atomic mass is 16.4. The molecule has 0 aromatic rings. The van der Waals surface area contributed by atoms with Crippen molar-refractivity contribution in [1.29, 1.82) is 0 Å². The van der Waals surface area contributed by atoms with Gasteiger partial charge in [0.1, 0.15) is 6.04 Å². The van der Waals surface area contributed by atoms with Crippen LogP contribution in [-0.2, 0) is 4.79 Å². The van der Waals surface area contributed by atoms with Gasteiger partial charge in [0.05, 0.1) is 0 Å². The Morgan fingerprint density at radius 2 is 1.91 bits per heavy atom. The van der Waals surface area contributed by atoms with Crippen molar-refractivity contribution in [3.05, 3.63) is 0 Å². The molecule has 0 aliphatic carbocycles. The molecule has 0 aromatic heterocycles. The lowest BCUT2D eigenvalue weighted by Crippen LogP contribution is -2.35. The zero-order valence-electron chi connectivity index (χ0n) is 6.36. The van der Waals surface area contributed by atoms with Crippen LogP contribution < -0.4 is 17.2 Å². The molecule has 66 valence electrons. The Balaban J connectivity index is 3.45. The smallest absolute Gasteiger partial charge is 0.320 e. The minimum absolute atomic E-state index is 0.139. The van der Waals surface area contributed by atoms with Crippen molar-refractivity contribution in [2.75, 3.05) is 6.54 Å². The van der Waals surface area contributed by atoms with E-state index in [1.807, 2.05) is 0 Å². The first-order chi connectivity index (χ1) is 5.07. The van der Waals surface area contributed by atoms with Gasteiger partial charge in [-0.1, -0.05) is 0 Å². The van der Waals surface area contributed by atoms with Crippen LogP contribution in [-0.4, -0.2) is 29.7 Å². The van der Waals surface area contributed by atoms with E-state index in [2.05, 4.69) is 0 Å². The van der Waals surface area contributed by atoms with Crippen molar-refractivity contribution in [2.45, 2.75) is 24.9 Å². The summed E-state index contributed by atoms with van der Waals surface area (Å²) in [6.07, 6.45) is 0.942. The molecule has 0 saturated carbocycles. The number of carbonyl (C=O) groups is 1. The summed E-state index contributed by atoms with van der Waals surface area (Å²) in [5.74, 6) is -0.991. The molecule has 5 heteroatoms. The summed E-state index contributed by atoms with van der Waals surface area (Å²) in [5, 5.41) is 8.37. The third-order valence-electron chi connectivity index (χ3n) is 1.47. The molecule has 0 aliphatic rings. The SMILES string of the molecule is NCC(N)CCC(N)C(=O)O. The maximum absolute atomic E-state index is 10.2. The van der Waals surface area contributed by atoms with Gasteiger partial charge in [0, 0.05) is 12.6 Å². The number of aliphatic carboxylic acids is 1. The molecule has 0 spiro atoms. The van der Waals surface area contributed by atoms with Gasteiger partial charge in [0.2, 0.25) is 0 Å². The van der Waals surface area contributed by atoms with Gasteiger partial charge in [-0.05, 0) is 12.8 Å². The third-order valence-corrected chi connectivity index (χ3v) is 1.47. The number of carboxylic acids is 1. The highest BCUT2D eigenvalue weighted by molar-refractivity contribution is 5.72. The summed E-state index contributed by atoms with van der Waals surface area (Å²) in [6, 6.07) is -0.951. The van der Waals surface area contributed by atoms with Crippen LogP contribution in [0.2, 0.25) is 0 Å². The molecule has 0 fully saturated rings. The van der Waals surface area contributed by atoms with E-state index in [-0.39, 0.29) is 6.04 Å². The molecule has 0 heterocycles. The second-order valence-electron chi connectivity index (χ2n) is 2.52. The standard InChI is InChI=1S/C6H15N3O2/c7-3-4(8)1-2-5(9)6(10)11/h4-5H,1-3,7-9H2,(H,10,11). The fraction of sp³-hybridized carbons (Fsp3) is 0.833. The predicted octanol–water partition coefficient (Wildman–Crippen LogP) is -1.54. The van der Waals surface area contributed by atoms with Crippen molar-refractivity contribution in [3.8, 4) is 0 Å². The minimum Gasteiger partial charge on any atom is -0.480 e. The van der Waals surface area contributed by atoms with Gasteiger partial charge in [-0.25, -0.2) is 0 Å². The predicted molar refractivity (Wildman–Crippen MR) is 41.9 cm³/mol. The Morgan fingerprint density at radius 3 is 2.27 bits per heavy atom. The van der Waals surface area contributed by atoms with E-state index in [4.69, 9.17) is 22.3 Å². The quantitative estimate of drug-likeness (QED) is 0.390. The number of rotatable bonds is 5. The Bertz CT molecular complexity index is 129. The van der Waals surface area contributed by atoms with E-state index in [0.717, 1.165) is 0 Å². The molecular formula is C6H15N3O2. The van der Waals surface area contributed by atoms with Gasteiger partial charge in [0.15, 0.2) is 0 Å². The molecule has 0 radical (unpaired) electrons. The van der Waals surface area contributed by atoms with Crippen LogP contribution in [0.25, 0.3) is 0 Å². The second kappa shape index (κ2) is 5.06. The second-order valence-corrected chi connectivity index (χ2v) is 2.52. The van der Waals surface area contributed by atoms with Crippen molar-refractivity contribution >= 4 is 5.97 Å². The molecule has 0 rings (SSSR count). The molecule has 0 amide bonds. The summed E-state index contributed by atoms with van der Waals surface area (Å²) in [7, 11) is 0. The normalized spacial score (nSPS) is 15.9. The van der Waals surface area contributed by atoms with Crippen molar-refractivity contribution in [3.63, 3.8) is 0 Å². The Labute approximate surface area is 65.5 Å². The molecule has 2 unspecified atom stereocenters. The lowest BCUT2D eigenvalue weighted by molar-refractivity contribution is -0.138. The van der Waals surface area contributed by atoms with Crippen LogP contribution in [0.1, 0.15) is 12.8 Å². The first kappa shape index (κ1) is 10.3. The van der Waals surface area contributed by atoms with E-state index in [9.17, 15) is 4.79 Å². The first-order valence-electron chi connectivity index (χ1n) is 3.52. The Morgan fingerprint density at radius 1 is 1.36 bits per heavy atom. The molecule has 7 N–H and O–H groups in total. The Hall–Kier alpha value is -0.650. The lowest BCUT2D eigenvalue weighted by atomic mass is 10.1. The van der Waals surface area contributed by atoms with E-state index >= 15 is 0 Å². The molecular weight excluding hydrogens is 146 g/mol. The van der Waals surface area contributed by atoms with Gasteiger partial charge in [0.25, 0.3) is 0 Å². The van der Waals surface area contributed by atoms with Gasteiger partial charge >= 0.3 is 5.97 Å². The molecule has 11 heavy (non-hydrogen) atoms. The van der Waals surface area contributed by atoms with Crippen LogP contribution in [0.15, 0.2) is 0 Å². The summed E-state index contributed by atoms with van der Waals surface area (Å²) >= 11 is 0. The monoisotopic (exact) mass is 161 g/mol. The molecule has 0 aliphatic heterocycles. The van der Waals surface area contributed by atoms with E-state index in [1.165, 1.54) is 0 Å². The number of carboxylic acid groups (broad SMARTS) is 1. The first-order valence-corrected chi connectivity index (χ1v) is 3.52. The average Bonchev–Trinajstić information content (AvgIpc) is 1.99. The molecule has 2 atom stereocenters. The van der Waals surface area contributed by atoms with Crippen LogP contribution in [0, 0.1) is 0 Å². The van der Waals surface area contributed by atoms with Gasteiger partial charge in [-0.3, -0.25) is 4.79 Å². The number of hydrogen-bond acceptors (Lipinski definition) is 4. The average molecular weight is 161 g/mol. The van der Waals surface area contributed by atoms with Crippen LogP contribution in [0.4, 0.5) is 0 Å². The van der Waals surface area contributed by atoms with Gasteiger partial charge < -0.3 is 22.3 Å². The minimum atomic E-state index is -0.991. The highest BCUT2D eigenvalue weighted by Gasteiger charge is 2.12. The van der Waals surface area contributed by atoms with Crippen molar-refractivity contribution in [2.24, 2.45) is 17.2 Å². The fourth-order valence-electron chi connectivity index (χ4n) is 0.635. The highest BCUT2D eigenvalue weighted by Crippen LogP contribution is 1.96. The van der Waals surface area contributed by atoms with E-state index in [0.29, 0.717) is 19.4 Å². The molecule has 0 bridgehead atoms. The molecule has 0 aromatic carbocycles. The number of hydrogen-bond donors (Lipinski definition) is 4. The summed E-state index contributed by atoms with van der Waals surface area (Å²) in [6.45, 7) is 0.367. The molecule has 5 nitrogen and oxygen atoms in total. The van der Waals surface area contributed by atoms with Crippen LogP contribution in [0.5, 0.6) is 0 Å².